The van der Waals surface area contributed by atoms with Crippen LogP contribution in [0.2, 0.25) is 0 Å². The summed E-state index contributed by atoms with van der Waals surface area (Å²) in [5.41, 5.74) is 10.1. The number of nitrogens with two attached hydrogens (primary N) is 1. The van der Waals surface area contributed by atoms with E-state index in [4.69, 9.17) is 10.5 Å². The van der Waals surface area contributed by atoms with Gasteiger partial charge in [0.05, 0.1) is 5.69 Å². The number of rotatable bonds is 6. The van der Waals surface area contributed by atoms with Crippen LogP contribution in [0.1, 0.15) is 24.5 Å². The summed E-state index contributed by atoms with van der Waals surface area (Å²) in [5.74, 6) is 0.846. The molecule has 1 aromatic heterocycles. The van der Waals surface area contributed by atoms with Crippen LogP contribution in [0.3, 0.4) is 0 Å². The van der Waals surface area contributed by atoms with Gasteiger partial charge in [0, 0.05) is 10.9 Å². The number of benzene rings is 2. The molecule has 4 heteroatoms. The maximum atomic E-state index is 6.04. The van der Waals surface area contributed by atoms with Gasteiger partial charge < -0.3 is 10.5 Å². The number of hydrogen-bond donors (Lipinski definition) is 1. The van der Waals surface area contributed by atoms with Crippen molar-refractivity contribution in [3.05, 3.63) is 65.0 Å². The summed E-state index contributed by atoms with van der Waals surface area (Å²) < 4.78 is 6.04. The summed E-state index contributed by atoms with van der Waals surface area (Å²) in [5, 5.41) is 2.56. The van der Waals surface area contributed by atoms with Gasteiger partial charge in [0.25, 0.3) is 0 Å². The molecule has 0 unspecified atom stereocenters. The highest BCUT2D eigenvalue weighted by molar-refractivity contribution is 7.13. The lowest BCUT2D eigenvalue weighted by Crippen LogP contribution is -1.98. The molecule has 0 aliphatic rings. The zero-order chi connectivity index (χ0) is 16.1. The molecule has 23 heavy (non-hydrogen) atoms. The molecule has 0 aliphatic heterocycles. The SMILES string of the molecule is CCCc1ccc(OCc2ccccc2)c(-c2csc(N)n2)c1. The lowest BCUT2D eigenvalue weighted by molar-refractivity contribution is 0.307. The summed E-state index contributed by atoms with van der Waals surface area (Å²) in [6.45, 7) is 2.72. The Morgan fingerprint density at radius 2 is 1.91 bits per heavy atom. The van der Waals surface area contributed by atoms with Crippen molar-refractivity contribution < 1.29 is 4.74 Å². The van der Waals surface area contributed by atoms with Gasteiger partial charge in [-0.1, -0.05) is 49.7 Å². The predicted octanol–water partition coefficient (Wildman–Crippen LogP) is 4.92. The van der Waals surface area contributed by atoms with Crippen molar-refractivity contribution in [3.8, 4) is 17.0 Å². The highest BCUT2D eigenvalue weighted by Gasteiger charge is 2.11. The second-order valence-electron chi connectivity index (χ2n) is 5.43. The number of aromatic nitrogens is 1. The van der Waals surface area contributed by atoms with E-state index in [0.29, 0.717) is 11.7 Å². The van der Waals surface area contributed by atoms with Crippen LogP contribution in [0.5, 0.6) is 5.75 Å². The second kappa shape index (κ2) is 7.29. The first kappa shape index (κ1) is 15.6. The molecule has 1 heterocycles. The fourth-order valence-corrected chi connectivity index (χ4v) is 3.06. The van der Waals surface area contributed by atoms with E-state index in [-0.39, 0.29) is 0 Å². The van der Waals surface area contributed by atoms with Crippen LogP contribution in [-0.2, 0) is 13.0 Å². The molecule has 3 aromatic rings. The van der Waals surface area contributed by atoms with E-state index < -0.39 is 0 Å². The molecule has 2 N–H and O–H groups in total. The van der Waals surface area contributed by atoms with Crippen molar-refractivity contribution >= 4 is 16.5 Å². The number of thiazole rings is 1. The Morgan fingerprint density at radius 1 is 1.09 bits per heavy atom. The minimum atomic E-state index is 0.542. The Bertz CT molecular complexity index is 768. The first-order chi connectivity index (χ1) is 11.3. The van der Waals surface area contributed by atoms with Crippen molar-refractivity contribution in [1.29, 1.82) is 0 Å². The Hall–Kier alpha value is -2.33. The zero-order valence-corrected chi connectivity index (χ0v) is 14.0. The third-order valence-corrected chi connectivity index (χ3v) is 4.29. The average molecular weight is 324 g/mol. The van der Waals surface area contributed by atoms with Gasteiger partial charge in [-0.25, -0.2) is 4.98 Å². The standard InChI is InChI=1S/C19H20N2OS/c1-2-6-14-9-10-18(22-12-15-7-4-3-5-8-15)16(11-14)17-13-23-19(20)21-17/h3-5,7-11,13H,2,6,12H2,1H3,(H2,20,21). The van der Waals surface area contributed by atoms with Gasteiger partial charge in [-0.05, 0) is 29.7 Å². The fraction of sp³-hybridized carbons (Fsp3) is 0.211. The smallest absolute Gasteiger partial charge is 0.180 e. The van der Waals surface area contributed by atoms with Crippen LogP contribution in [-0.4, -0.2) is 4.98 Å². The van der Waals surface area contributed by atoms with Crippen LogP contribution in [0, 0.1) is 0 Å². The van der Waals surface area contributed by atoms with Crippen molar-refractivity contribution in [2.45, 2.75) is 26.4 Å². The Balaban J connectivity index is 1.89. The van der Waals surface area contributed by atoms with E-state index >= 15 is 0 Å². The van der Waals surface area contributed by atoms with E-state index in [2.05, 4.69) is 36.2 Å². The number of anilines is 1. The fourth-order valence-electron chi connectivity index (χ4n) is 2.49. The number of aryl methyl sites for hydroxylation is 1. The molecular formula is C19H20N2OS. The monoisotopic (exact) mass is 324 g/mol. The molecule has 2 aromatic carbocycles. The van der Waals surface area contributed by atoms with E-state index in [9.17, 15) is 0 Å². The third kappa shape index (κ3) is 3.90. The molecule has 118 valence electrons. The molecule has 0 fully saturated rings. The van der Waals surface area contributed by atoms with Crippen molar-refractivity contribution in [2.75, 3.05) is 5.73 Å². The summed E-state index contributed by atoms with van der Waals surface area (Å²) in [6, 6.07) is 16.5. The molecule has 0 saturated heterocycles. The molecule has 3 rings (SSSR count). The molecule has 0 radical (unpaired) electrons. The molecule has 0 bridgehead atoms. The lowest BCUT2D eigenvalue weighted by Gasteiger charge is -2.12. The summed E-state index contributed by atoms with van der Waals surface area (Å²) in [4.78, 5) is 4.41. The first-order valence-corrected chi connectivity index (χ1v) is 8.65. The van der Waals surface area contributed by atoms with Gasteiger partial charge in [0.1, 0.15) is 12.4 Å². The topological polar surface area (TPSA) is 48.1 Å². The molecule has 3 nitrogen and oxygen atoms in total. The van der Waals surface area contributed by atoms with E-state index in [1.165, 1.54) is 16.9 Å². The van der Waals surface area contributed by atoms with Crippen LogP contribution in [0.15, 0.2) is 53.9 Å². The average Bonchev–Trinajstić information content (AvgIpc) is 3.01. The lowest BCUT2D eigenvalue weighted by atomic mass is 10.0. The van der Waals surface area contributed by atoms with Crippen molar-refractivity contribution in [3.63, 3.8) is 0 Å². The predicted molar refractivity (Wildman–Crippen MR) is 96.7 cm³/mol. The first-order valence-electron chi connectivity index (χ1n) is 7.77. The number of hydrogen-bond acceptors (Lipinski definition) is 4. The maximum Gasteiger partial charge on any atom is 0.180 e. The zero-order valence-electron chi connectivity index (χ0n) is 13.2. The summed E-state index contributed by atoms with van der Waals surface area (Å²) in [7, 11) is 0. The molecular weight excluding hydrogens is 304 g/mol. The molecule has 0 atom stereocenters. The molecule has 0 aliphatic carbocycles. The van der Waals surface area contributed by atoms with Crippen LogP contribution in [0.25, 0.3) is 11.3 Å². The Kier molecular flexibility index (Phi) is 4.93. The quantitative estimate of drug-likeness (QED) is 0.700. The highest BCUT2D eigenvalue weighted by Crippen LogP contribution is 2.33. The summed E-state index contributed by atoms with van der Waals surface area (Å²) >= 11 is 1.45. The normalized spacial score (nSPS) is 10.7. The van der Waals surface area contributed by atoms with Gasteiger partial charge in [0.15, 0.2) is 5.13 Å². The minimum Gasteiger partial charge on any atom is -0.488 e. The van der Waals surface area contributed by atoms with Gasteiger partial charge in [-0.15, -0.1) is 11.3 Å². The van der Waals surface area contributed by atoms with Gasteiger partial charge in [-0.2, -0.15) is 0 Å². The van der Waals surface area contributed by atoms with Crippen LogP contribution < -0.4 is 10.5 Å². The number of ether oxygens (including phenoxy) is 1. The summed E-state index contributed by atoms with van der Waals surface area (Å²) in [6.07, 6.45) is 2.16. The Labute approximate surface area is 140 Å². The Morgan fingerprint density at radius 3 is 2.61 bits per heavy atom. The minimum absolute atomic E-state index is 0.542. The van der Waals surface area contributed by atoms with Crippen molar-refractivity contribution in [2.24, 2.45) is 0 Å². The van der Waals surface area contributed by atoms with Gasteiger partial charge in [0.2, 0.25) is 0 Å². The van der Waals surface area contributed by atoms with E-state index in [0.717, 1.165) is 35.4 Å². The van der Waals surface area contributed by atoms with Crippen molar-refractivity contribution in [1.82, 2.24) is 4.98 Å². The van der Waals surface area contributed by atoms with E-state index in [1.807, 2.05) is 29.6 Å². The number of nitrogen functional groups attached to an aromatic ring is 1. The molecule has 0 spiro atoms. The largest absolute Gasteiger partial charge is 0.488 e. The number of nitrogens with zero attached hydrogens (tertiary/aromatic N) is 1. The van der Waals surface area contributed by atoms with Gasteiger partial charge in [-0.3, -0.25) is 0 Å². The molecule has 0 amide bonds. The van der Waals surface area contributed by atoms with E-state index in [1.54, 1.807) is 0 Å². The van der Waals surface area contributed by atoms with Crippen LogP contribution in [0.4, 0.5) is 5.13 Å². The second-order valence-corrected chi connectivity index (χ2v) is 6.32. The third-order valence-electron chi connectivity index (χ3n) is 3.62. The van der Waals surface area contributed by atoms with Gasteiger partial charge >= 0.3 is 0 Å². The maximum absolute atomic E-state index is 6.04. The molecule has 0 saturated carbocycles. The highest BCUT2D eigenvalue weighted by atomic mass is 32.1. The van der Waals surface area contributed by atoms with Crippen LogP contribution >= 0.6 is 11.3 Å².